The molecule has 0 aromatic heterocycles. The smallest absolute Gasteiger partial charge is 0.309 e. The Labute approximate surface area is 177 Å². The molecule has 0 aromatic carbocycles. The van der Waals surface area contributed by atoms with E-state index in [2.05, 4.69) is 23.8 Å². The van der Waals surface area contributed by atoms with Crippen LogP contribution in [0.25, 0.3) is 0 Å². The molecule has 0 aliphatic rings. The van der Waals surface area contributed by atoms with Gasteiger partial charge < -0.3 is 9.47 Å². The zero-order chi connectivity index (χ0) is 22.1. The van der Waals surface area contributed by atoms with Crippen LogP contribution in [-0.2, 0) is 19.1 Å². The van der Waals surface area contributed by atoms with Gasteiger partial charge in [-0.15, -0.1) is 0 Å². The molecule has 0 saturated heterocycles. The maximum absolute atomic E-state index is 11.7. The van der Waals surface area contributed by atoms with Crippen molar-refractivity contribution in [2.24, 2.45) is 21.8 Å². The standard InChI is InChI=1S/C23H42N2O4/c1-7-20(16-18(5)22(26)28-9-3)24-14-12-11-13-15-25-21(8-2)17-19(6)23(27)29-10-4/h18-19H,7-17H2,1-6H3. The Balaban J connectivity index is 4.19. The van der Waals surface area contributed by atoms with Crippen LogP contribution in [-0.4, -0.2) is 49.7 Å². The molecule has 6 nitrogen and oxygen atoms in total. The Hall–Kier alpha value is -1.72. The van der Waals surface area contributed by atoms with E-state index >= 15 is 0 Å². The fourth-order valence-corrected chi connectivity index (χ4v) is 2.96. The fraction of sp³-hybridized carbons (Fsp3) is 0.826. The van der Waals surface area contributed by atoms with Gasteiger partial charge in [0.2, 0.25) is 0 Å². The number of aliphatic imine (C=N–C) groups is 2. The minimum atomic E-state index is -0.143. The van der Waals surface area contributed by atoms with Crippen LogP contribution < -0.4 is 0 Å². The predicted octanol–water partition coefficient (Wildman–Crippen LogP) is 5.04. The molecule has 0 saturated carbocycles. The second-order valence-electron chi connectivity index (χ2n) is 7.38. The average Bonchev–Trinajstić information content (AvgIpc) is 2.71. The summed E-state index contributed by atoms with van der Waals surface area (Å²) in [5.41, 5.74) is 2.18. The molecule has 2 unspecified atom stereocenters. The molecule has 0 rings (SSSR count). The van der Waals surface area contributed by atoms with Crippen LogP contribution in [0.15, 0.2) is 9.98 Å². The zero-order valence-corrected chi connectivity index (χ0v) is 19.5. The normalized spacial score (nSPS) is 14.4. The van der Waals surface area contributed by atoms with Gasteiger partial charge in [0.1, 0.15) is 0 Å². The van der Waals surface area contributed by atoms with Crippen LogP contribution in [0.4, 0.5) is 0 Å². The summed E-state index contributed by atoms with van der Waals surface area (Å²) in [7, 11) is 0. The number of carbonyl (C=O) groups is 2. The first kappa shape index (κ1) is 27.3. The second-order valence-corrected chi connectivity index (χ2v) is 7.38. The summed E-state index contributed by atoms with van der Waals surface area (Å²) in [5, 5.41) is 0. The molecule has 0 bridgehead atoms. The number of ether oxygens (including phenoxy) is 2. The van der Waals surface area contributed by atoms with Crippen molar-refractivity contribution in [3.05, 3.63) is 0 Å². The molecule has 0 aliphatic carbocycles. The highest BCUT2D eigenvalue weighted by Gasteiger charge is 2.16. The van der Waals surface area contributed by atoms with Gasteiger partial charge in [-0.05, 0) is 58.8 Å². The van der Waals surface area contributed by atoms with E-state index in [0.29, 0.717) is 26.1 Å². The van der Waals surface area contributed by atoms with Crippen molar-refractivity contribution >= 4 is 23.4 Å². The summed E-state index contributed by atoms with van der Waals surface area (Å²) >= 11 is 0. The minimum absolute atomic E-state index is 0.132. The number of hydrogen-bond acceptors (Lipinski definition) is 6. The van der Waals surface area contributed by atoms with E-state index in [1.54, 1.807) is 0 Å². The van der Waals surface area contributed by atoms with Gasteiger partial charge in [0.15, 0.2) is 0 Å². The molecule has 6 heteroatoms. The fourth-order valence-electron chi connectivity index (χ4n) is 2.96. The maximum atomic E-state index is 11.7. The minimum Gasteiger partial charge on any atom is -0.466 e. The van der Waals surface area contributed by atoms with Gasteiger partial charge in [-0.1, -0.05) is 27.7 Å². The second kappa shape index (κ2) is 17.2. The Kier molecular flexibility index (Phi) is 16.1. The topological polar surface area (TPSA) is 77.3 Å². The number of esters is 2. The highest BCUT2D eigenvalue weighted by atomic mass is 16.5. The van der Waals surface area contributed by atoms with Gasteiger partial charge in [-0.25, -0.2) is 0 Å². The highest BCUT2D eigenvalue weighted by molar-refractivity contribution is 5.88. The molecule has 0 radical (unpaired) electrons. The van der Waals surface area contributed by atoms with Crippen LogP contribution in [0.5, 0.6) is 0 Å². The number of carbonyl (C=O) groups excluding carboxylic acids is 2. The third kappa shape index (κ3) is 13.2. The summed E-state index contributed by atoms with van der Waals surface area (Å²) in [4.78, 5) is 32.8. The van der Waals surface area contributed by atoms with Crippen molar-refractivity contribution in [3.63, 3.8) is 0 Å². The molecule has 0 N–H and O–H groups in total. The Morgan fingerprint density at radius 1 is 0.690 bits per heavy atom. The van der Waals surface area contributed by atoms with E-state index in [0.717, 1.165) is 56.6 Å². The molecule has 2 atom stereocenters. The molecule has 0 spiro atoms. The monoisotopic (exact) mass is 410 g/mol. The molecular formula is C23H42N2O4. The van der Waals surface area contributed by atoms with Crippen LogP contribution >= 0.6 is 0 Å². The maximum Gasteiger partial charge on any atom is 0.309 e. The Morgan fingerprint density at radius 3 is 1.38 bits per heavy atom. The van der Waals surface area contributed by atoms with E-state index in [1.165, 1.54) is 0 Å². The summed E-state index contributed by atoms with van der Waals surface area (Å²) in [6.07, 6.45) is 6.21. The summed E-state index contributed by atoms with van der Waals surface area (Å²) in [6.45, 7) is 14.0. The van der Waals surface area contributed by atoms with Crippen LogP contribution in [0, 0.1) is 11.8 Å². The van der Waals surface area contributed by atoms with Crippen LogP contribution in [0.2, 0.25) is 0 Å². The molecule has 0 aliphatic heterocycles. The molecule has 168 valence electrons. The lowest BCUT2D eigenvalue weighted by Gasteiger charge is -2.12. The van der Waals surface area contributed by atoms with Crippen molar-refractivity contribution in [2.75, 3.05) is 26.3 Å². The van der Waals surface area contributed by atoms with Crippen molar-refractivity contribution in [3.8, 4) is 0 Å². The molecule has 0 heterocycles. The molecule has 0 fully saturated rings. The van der Waals surface area contributed by atoms with Gasteiger partial charge >= 0.3 is 11.9 Å². The summed E-state index contributed by atoms with van der Waals surface area (Å²) in [6, 6.07) is 0. The van der Waals surface area contributed by atoms with Crippen LogP contribution in [0.1, 0.15) is 86.5 Å². The first-order chi connectivity index (χ1) is 13.9. The van der Waals surface area contributed by atoms with Gasteiger partial charge in [0.05, 0.1) is 25.0 Å². The van der Waals surface area contributed by atoms with Crippen molar-refractivity contribution in [1.82, 2.24) is 0 Å². The van der Waals surface area contributed by atoms with Crippen LogP contribution in [0.3, 0.4) is 0 Å². The van der Waals surface area contributed by atoms with Gasteiger partial charge in [-0.3, -0.25) is 19.6 Å². The Bertz CT molecular complexity index is 483. The molecule has 29 heavy (non-hydrogen) atoms. The SMILES string of the molecule is CCOC(=O)C(C)CC(CC)=NCCCCCN=C(CC)CC(C)C(=O)OCC. The van der Waals surface area contributed by atoms with Crippen molar-refractivity contribution < 1.29 is 19.1 Å². The van der Waals surface area contributed by atoms with Gasteiger partial charge in [0, 0.05) is 24.5 Å². The lowest BCUT2D eigenvalue weighted by Crippen LogP contribution is -2.18. The largest absolute Gasteiger partial charge is 0.466 e. The first-order valence-corrected chi connectivity index (χ1v) is 11.3. The first-order valence-electron chi connectivity index (χ1n) is 11.3. The predicted molar refractivity (Wildman–Crippen MR) is 120 cm³/mol. The van der Waals surface area contributed by atoms with E-state index in [-0.39, 0.29) is 23.8 Å². The van der Waals surface area contributed by atoms with E-state index in [9.17, 15) is 9.59 Å². The number of nitrogens with zero attached hydrogens (tertiary/aromatic N) is 2. The number of rotatable bonds is 16. The highest BCUT2D eigenvalue weighted by Crippen LogP contribution is 2.11. The lowest BCUT2D eigenvalue weighted by atomic mass is 10.0. The molecular weight excluding hydrogens is 368 g/mol. The quantitative estimate of drug-likeness (QED) is 0.203. The van der Waals surface area contributed by atoms with E-state index in [4.69, 9.17) is 9.47 Å². The third-order valence-corrected chi connectivity index (χ3v) is 4.76. The summed E-state index contributed by atoms with van der Waals surface area (Å²) < 4.78 is 10.1. The van der Waals surface area contributed by atoms with E-state index in [1.807, 2.05) is 27.7 Å². The lowest BCUT2D eigenvalue weighted by molar-refractivity contribution is -0.148. The number of unbranched alkanes of at least 4 members (excludes halogenated alkanes) is 2. The summed E-state index contributed by atoms with van der Waals surface area (Å²) in [5.74, 6) is -0.550. The van der Waals surface area contributed by atoms with Gasteiger partial charge in [-0.2, -0.15) is 0 Å². The zero-order valence-electron chi connectivity index (χ0n) is 19.5. The van der Waals surface area contributed by atoms with Crippen molar-refractivity contribution in [1.29, 1.82) is 0 Å². The molecule has 0 amide bonds. The Morgan fingerprint density at radius 2 is 1.07 bits per heavy atom. The average molecular weight is 411 g/mol. The molecule has 0 aromatic rings. The third-order valence-electron chi connectivity index (χ3n) is 4.76. The van der Waals surface area contributed by atoms with E-state index < -0.39 is 0 Å². The van der Waals surface area contributed by atoms with Crippen molar-refractivity contribution in [2.45, 2.75) is 86.5 Å². The van der Waals surface area contributed by atoms with Gasteiger partial charge in [0.25, 0.3) is 0 Å². The number of hydrogen-bond donors (Lipinski definition) is 0.